The van der Waals surface area contributed by atoms with Crippen molar-refractivity contribution in [2.45, 2.75) is 19.8 Å². The number of ketones is 1. The van der Waals surface area contributed by atoms with E-state index < -0.39 is 0 Å². The van der Waals surface area contributed by atoms with Gasteiger partial charge in [-0.1, -0.05) is 6.07 Å². The van der Waals surface area contributed by atoms with E-state index in [1.807, 2.05) is 56.3 Å². The Hall–Kier alpha value is -3.80. The summed E-state index contributed by atoms with van der Waals surface area (Å²) in [5.41, 5.74) is 5.89. The number of aromatic amines is 2. The molecule has 6 heteroatoms. The molecule has 29 heavy (non-hydrogen) atoms. The molecule has 6 nitrogen and oxygen atoms in total. The first-order valence-electron chi connectivity index (χ1n) is 9.49. The van der Waals surface area contributed by atoms with Crippen LogP contribution in [0.5, 0.6) is 0 Å². The zero-order valence-corrected chi connectivity index (χ0v) is 16.1. The number of carbonyl (C=O) groups excluding carboxylic acids is 1. The Bertz CT molecular complexity index is 1350. The number of hydrogen-bond donors (Lipinski definition) is 2. The van der Waals surface area contributed by atoms with Gasteiger partial charge in [0.25, 0.3) is 0 Å². The summed E-state index contributed by atoms with van der Waals surface area (Å²) in [5, 5.41) is 8.40. The van der Waals surface area contributed by atoms with Gasteiger partial charge in [0.1, 0.15) is 5.69 Å². The van der Waals surface area contributed by atoms with Gasteiger partial charge in [-0.25, -0.2) is 4.98 Å². The molecule has 0 unspecified atom stereocenters. The summed E-state index contributed by atoms with van der Waals surface area (Å²) in [6.45, 7) is 3.81. The van der Waals surface area contributed by atoms with Crippen LogP contribution in [0.25, 0.3) is 33.1 Å². The zero-order chi connectivity index (χ0) is 20.0. The molecular weight excluding hydrogens is 362 g/mol. The van der Waals surface area contributed by atoms with Crippen LogP contribution in [0.3, 0.4) is 0 Å². The molecule has 0 saturated heterocycles. The first-order chi connectivity index (χ1) is 14.1. The standard InChI is InChI=1S/C23H19N5O/c1-13-4-3-5-18(25-13)14(2)23(29)21-11-16-10-17-20(12-19(16)26-21)27-28-22(17)15-6-8-24-9-7-15/h3-12,14,27-28H,1-2H3/t14-/m0/s1. The van der Waals surface area contributed by atoms with E-state index in [1.54, 1.807) is 12.4 Å². The number of H-pyrrole nitrogens is 2. The first kappa shape index (κ1) is 17.3. The van der Waals surface area contributed by atoms with Crippen LogP contribution in [0.4, 0.5) is 0 Å². The van der Waals surface area contributed by atoms with Gasteiger partial charge in [0, 0.05) is 34.4 Å². The summed E-state index contributed by atoms with van der Waals surface area (Å²) in [4.78, 5) is 26.2. The van der Waals surface area contributed by atoms with Crippen molar-refractivity contribution in [2.24, 2.45) is 0 Å². The van der Waals surface area contributed by atoms with Crippen molar-refractivity contribution in [1.29, 1.82) is 0 Å². The number of pyridine rings is 2. The van der Waals surface area contributed by atoms with Crippen LogP contribution in [0.1, 0.15) is 34.7 Å². The normalized spacial score (nSPS) is 12.5. The van der Waals surface area contributed by atoms with Crippen LogP contribution in [-0.4, -0.2) is 30.9 Å². The molecule has 4 aromatic heterocycles. The van der Waals surface area contributed by atoms with E-state index in [2.05, 4.69) is 31.2 Å². The highest BCUT2D eigenvalue weighted by atomic mass is 16.1. The minimum Gasteiger partial charge on any atom is -0.300 e. The molecular formula is C23H19N5O. The number of carbonyl (C=O) groups is 1. The van der Waals surface area contributed by atoms with Crippen molar-refractivity contribution in [3.05, 3.63) is 78.0 Å². The lowest BCUT2D eigenvalue weighted by Crippen LogP contribution is -2.11. The Morgan fingerprint density at radius 3 is 2.62 bits per heavy atom. The Labute approximate surface area is 167 Å². The Morgan fingerprint density at radius 1 is 1.00 bits per heavy atom. The molecule has 0 aliphatic rings. The second-order valence-electron chi connectivity index (χ2n) is 7.25. The number of rotatable bonds is 4. The molecule has 0 aliphatic heterocycles. The van der Waals surface area contributed by atoms with Gasteiger partial charge in [-0.2, -0.15) is 0 Å². The summed E-state index contributed by atoms with van der Waals surface area (Å²) in [6.07, 6.45) is 3.53. The molecule has 2 N–H and O–H groups in total. The van der Waals surface area contributed by atoms with E-state index in [0.29, 0.717) is 5.69 Å². The molecule has 0 aliphatic carbocycles. The zero-order valence-electron chi connectivity index (χ0n) is 16.1. The topological polar surface area (TPSA) is 87.3 Å². The van der Waals surface area contributed by atoms with Gasteiger partial charge in [0.2, 0.25) is 0 Å². The van der Waals surface area contributed by atoms with E-state index >= 15 is 0 Å². The molecule has 0 spiro atoms. The second-order valence-corrected chi connectivity index (χ2v) is 7.25. The summed E-state index contributed by atoms with van der Waals surface area (Å²) in [7, 11) is 0. The molecule has 1 atom stereocenters. The van der Waals surface area contributed by atoms with Crippen LogP contribution in [-0.2, 0) is 0 Å². The maximum atomic E-state index is 13.0. The highest BCUT2D eigenvalue weighted by molar-refractivity contribution is 6.06. The lowest BCUT2D eigenvalue weighted by Gasteiger charge is -2.08. The van der Waals surface area contributed by atoms with Crippen molar-refractivity contribution in [2.75, 3.05) is 0 Å². The number of aryl methyl sites for hydroxylation is 1. The largest absolute Gasteiger partial charge is 0.300 e. The van der Waals surface area contributed by atoms with Gasteiger partial charge in [0.15, 0.2) is 5.78 Å². The van der Waals surface area contributed by atoms with E-state index in [0.717, 1.165) is 44.5 Å². The summed E-state index contributed by atoms with van der Waals surface area (Å²) in [5.74, 6) is -0.367. The van der Waals surface area contributed by atoms with Gasteiger partial charge in [0.05, 0.1) is 28.3 Å². The average Bonchev–Trinajstić information content (AvgIpc) is 3.35. The van der Waals surface area contributed by atoms with Crippen molar-refractivity contribution in [3.8, 4) is 11.3 Å². The summed E-state index contributed by atoms with van der Waals surface area (Å²) in [6, 6.07) is 15.6. The number of benzene rings is 1. The Balaban J connectivity index is 1.56. The van der Waals surface area contributed by atoms with Crippen LogP contribution in [0.15, 0.2) is 60.9 Å². The third-order valence-corrected chi connectivity index (χ3v) is 5.26. The van der Waals surface area contributed by atoms with E-state index in [-0.39, 0.29) is 11.7 Å². The Morgan fingerprint density at radius 2 is 1.83 bits per heavy atom. The quantitative estimate of drug-likeness (QED) is 0.438. The molecule has 0 bridgehead atoms. The van der Waals surface area contributed by atoms with Crippen molar-refractivity contribution < 1.29 is 4.79 Å². The van der Waals surface area contributed by atoms with Crippen LogP contribution in [0.2, 0.25) is 0 Å². The van der Waals surface area contributed by atoms with E-state index in [1.165, 1.54) is 0 Å². The van der Waals surface area contributed by atoms with Gasteiger partial charge in [-0.05, 0) is 56.3 Å². The third-order valence-electron chi connectivity index (χ3n) is 5.26. The van der Waals surface area contributed by atoms with Gasteiger partial charge in [-0.3, -0.25) is 19.9 Å². The van der Waals surface area contributed by atoms with Crippen LogP contribution < -0.4 is 0 Å². The number of hydrogen-bond acceptors (Lipinski definition) is 4. The number of Topliss-reactive ketones (excluding diaryl/α,β-unsaturated/α-hetero) is 1. The Kier molecular flexibility index (Phi) is 3.98. The molecule has 5 aromatic rings. The van der Waals surface area contributed by atoms with Gasteiger partial charge < -0.3 is 5.10 Å². The maximum absolute atomic E-state index is 13.0. The second kappa shape index (κ2) is 6.67. The summed E-state index contributed by atoms with van der Waals surface area (Å²) >= 11 is 0. The predicted octanol–water partition coefficient (Wildman–Crippen LogP) is 4.80. The maximum Gasteiger partial charge on any atom is 0.189 e. The number of nitrogens with zero attached hydrogens (tertiary/aromatic N) is 3. The van der Waals surface area contributed by atoms with Crippen molar-refractivity contribution in [1.82, 2.24) is 25.1 Å². The highest BCUT2D eigenvalue weighted by Crippen LogP contribution is 2.30. The number of nitrogens with one attached hydrogen (secondary N) is 2. The highest BCUT2D eigenvalue weighted by Gasteiger charge is 2.21. The first-order valence-corrected chi connectivity index (χ1v) is 9.49. The minimum absolute atomic E-state index is 0.0242. The van der Waals surface area contributed by atoms with Gasteiger partial charge in [-0.15, -0.1) is 0 Å². The van der Waals surface area contributed by atoms with E-state index in [9.17, 15) is 4.79 Å². The number of fused-ring (bicyclic) bond motifs is 2. The molecule has 1 aromatic carbocycles. The molecule has 0 radical (unpaired) electrons. The smallest absolute Gasteiger partial charge is 0.189 e. The molecule has 0 saturated carbocycles. The SMILES string of the molecule is Cc1cccc([C@H](C)C(=O)c2cc3cc4c(-c5ccncc5)[nH][nH]c4cc3n2)n1. The van der Waals surface area contributed by atoms with Crippen LogP contribution in [0, 0.1) is 6.92 Å². The monoisotopic (exact) mass is 381 g/mol. The molecule has 142 valence electrons. The lowest BCUT2D eigenvalue weighted by atomic mass is 9.99. The van der Waals surface area contributed by atoms with Gasteiger partial charge >= 0.3 is 0 Å². The molecule has 5 rings (SSSR count). The fourth-order valence-electron chi connectivity index (χ4n) is 3.67. The van der Waals surface area contributed by atoms with Crippen molar-refractivity contribution >= 4 is 27.6 Å². The predicted molar refractivity (Wildman–Crippen MR) is 113 cm³/mol. The van der Waals surface area contributed by atoms with E-state index in [4.69, 9.17) is 0 Å². The molecule has 0 amide bonds. The average molecular weight is 381 g/mol. The van der Waals surface area contributed by atoms with Crippen molar-refractivity contribution in [3.63, 3.8) is 0 Å². The molecule has 4 heterocycles. The summed E-state index contributed by atoms with van der Waals surface area (Å²) < 4.78 is 0. The third kappa shape index (κ3) is 2.99. The molecule has 0 fully saturated rings. The lowest BCUT2D eigenvalue weighted by molar-refractivity contribution is 0.0960. The van der Waals surface area contributed by atoms with Crippen LogP contribution >= 0.6 is 0 Å². The fourth-order valence-corrected chi connectivity index (χ4v) is 3.67. The minimum atomic E-state index is -0.343. The fraction of sp³-hybridized carbons (Fsp3) is 0.130. The number of aromatic nitrogens is 5.